The zero-order valence-electron chi connectivity index (χ0n) is 40.4. The molecule has 350 valence electrons. The number of hydrogen-bond acceptors (Lipinski definition) is 6. The highest BCUT2D eigenvalue weighted by Crippen LogP contribution is 2.18. The second-order valence-corrected chi connectivity index (χ2v) is 18.6. The monoisotopic (exact) mass is 835 g/mol. The smallest absolute Gasteiger partial charge is 0.306 e. The van der Waals surface area contributed by atoms with E-state index in [9.17, 15) is 14.4 Å². The van der Waals surface area contributed by atoms with Crippen molar-refractivity contribution in [3.8, 4) is 0 Å². The lowest BCUT2D eigenvalue weighted by atomic mass is 9.99. The molecule has 0 amide bonds. The van der Waals surface area contributed by atoms with Crippen molar-refractivity contribution in [3.63, 3.8) is 0 Å². The van der Waals surface area contributed by atoms with E-state index in [1.54, 1.807) is 0 Å². The zero-order valence-corrected chi connectivity index (χ0v) is 40.4. The van der Waals surface area contributed by atoms with Gasteiger partial charge in [0.1, 0.15) is 13.2 Å². The molecule has 0 aromatic heterocycles. The van der Waals surface area contributed by atoms with Crippen molar-refractivity contribution in [2.24, 2.45) is 11.8 Å². The van der Waals surface area contributed by atoms with Gasteiger partial charge in [0.05, 0.1) is 0 Å². The van der Waals surface area contributed by atoms with Crippen molar-refractivity contribution >= 4 is 17.9 Å². The molecule has 0 aliphatic rings. The number of esters is 3. The Morgan fingerprint density at radius 1 is 0.339 bits per heavy atom. The van der Waals surface area contributed by atoms with Gasteiger partial charge in [-0.25, -0.2) is 0 Å². The lowest BCUT2D eigenvalue weighted by Crippen LogP contribution is -2.30. The molecule has 3 atom stereocenters. The van der Waals surface area contributed by atoms with E-state index in [2.05, 4.69) is 34.6 Å². The molecular weight excluding hydrogens is 733 g/mol. The molecule has 6 heteroatoms. The Bertz CT molecular complexity index is 904. The summed E-state index contributed by atoms with van der Waals surface area (Å²) in [6, 6.07) is 0. The first-order valence-corrected chi connectivity index (χ1v) is 26.3. The minimum Gasteiger partial charge on any atom is -0.462 e. The van der Waals surface area contributed by atoms with Gasteiger partial charge in [-0.2, -0.15) is 0 Å². The summed E-state index contributed by atoms with van der Waals surface area (Å²) in [6.07, 6.45) is 46.6. The van der Waals surface area contributed by atoms with E-state index >= 15 is 0 Å². The Hall–Kier alpha value is -1.59. The number of hydrogen-bond donors (Lipinski definition) is 0. The minimum atomic E-state index is -0.762. The fourth-order valence-corrected chi connectivity index (χ4v) is 7.93. The molecule has 0 aliphatic carbocycles. The molecule has 6 nitrogen and oxygen atoms in total. The molecule has 0 aromatic carbocycles. The third-order valence-electron chi connectivity index (χ3n) is 12.7. The third kappa shape index (κ3) is 44.3. The molecule has 2 unspecified atom stereocenters. The van der Waals surface area contributed by atoms with Gasteiger partial charge in [0.2, 0.25) is 0 Å². The molecule has 59 heavy (non-hydrogen) atoms. The Balaban J connectivity index is 4.29. The molecule has 0 bridgehead atoms. The van der Waals surface area contributed by atoms with Crippen molar-refractivity contribution in [3.05, 3.63) is 0 Å². The number of carbonyl (C=O) groups is 3. The molecule has 0 aliphatic heterocycles. The third-order valence-corrected chi connectivity index (χ3v) is 12.7. The maximum Gasteiger partial charge on any atom is 0.306 e. The summed E-state index contributed by atoms with van der Waals surface area (Å²) in [5, 5.41) is 0. The van der Waals surface area contributed by atoms with Crippen LogP contribution in [-0.2, 0) is 28.6 Å². The molecular formula is C53H102O6. The standard InChI is InChI=1S/C53H102O6/c1-6-9-10-11-12-13-14-15-16-17-18-19-20-24-27-33-38-43-51(54)57-46-50(47-58-52(55)44-39-34-30-29-32-37-42-49(5)8-3)59-53(56)45-40-35-28-25-22-21-23-26-31-36-41-48(4)7-2/h48-50H,6-47H2,1-5H3/t48?,49?,50-/m1/s1. The molecule has 0 radical (unpaired) electrons. The maximum absolute atomic E-state index is 12.8. The van der Waals surface area contributed by atoms with Crippen molar-refractivity contribution < 1.29 is 28.6 Å². The zero-order chi connectivity index (χ0) is 43.3. The van der Waals surface area contributed by atoms with E-state index in [-0.39, 0.29) is 31.1 Å². The SMILES string of the molecule is CCCCCCCCCCCCCCCCCCCC(=O)OC[C@H](COC(=O)CCCCCCCCC(C)CC)OC(=O)CCCCCCCCCCCCC(C)CC. The molecule has 0 spiro atoms. The van der Waals surface area contributed by atoms with Gasteiger partial charge in [-0.15, -0.1) is 0 Å². The van der Waals surface area contributed by atoms with E-state index in [0.29, 0.717) is 19.3 Å². The average molecular weight is 835 g/mol. The van der Waals surface area contributed by atoms with Gasteiger partial charge in [-0.3, -0.25) is 14.4 Å². The predicted octanol–water partition coefficient (Wildman–Crippen LogP) is 16.9. The van der Waals surface area contributed by atoms with E-state index in [4.69, 9.17) is 14.2 Å². The van der Waals surface area contributed by atoms with Crippen LogP contribution in [0.3, 0.4) is 0 Å². The highest BCUT2D eigenvalue weighted by molar-refractivity contribution is 5.71. The first-order chi connectivity index (χ1) is 28.8. The van der Waals surface area contributed by atoms with E-state index in [1.165, 1.54) is 180 Å². The topological polar surface area (TPSA) is 78.9 Å². The van der Waals surface area contributed by atoms with Gasteiger partial charge in [0, 0.05) is 19.3 Å². The van der Waals surface area contributed by atoms with Crippen molar-refractivity contribution in [2.75, 3.05) is 13.2 Å². The Kier molecular flexibility index (Phi) is 44.7. The number of carbonyl (C=O) groups excluding carboxylic acids is 3. The summed E-state index contributed by atoms with van der Waals surface area (Å²) in [7, 11) is 0. The van der Waals surface area contributed by atoms with Gasteiger partial charge < -0.3 is 14.2 Å². The summed E-state index contributed by atoms with van der Waals surface area (Å²) in [5.74, 6) is 0.830. The molecule has 0 fully saturated rings. The molecule has 0 N–H and O–H groups in total. The van der Waals surface area contributed by atoms with Crippen LogP contribution in [0.5, 0.6) is 0 Å². The highest BCUT2D eigenvalue weighted by Gasteiger charge is 2.19. The van der Waals surface area contributed by atoms with E-state index in [0.717, 1.165) is 69.6 Å². The second kappa shape index (κ2) is 45.9. The van der Waals surface area contributed by atoms with Gasteiger partial charge in [-0.1, -0.05) is 253 Å². The minimum absolute atomic E-state index is 0.0644. The molecule has 0 saturated carbocycles. The average Bonchev–Trinajstić information content (AvgIpc) is 3.23. The Morgan fingerprint density at radius 2 is 0.593 bits per heavy atom. The Morgan fingerprint density at radius 3 is 0.881 bits per heavy atom. The fraction of sp³-hybridized carbons (Fsp3) is 0.943. The van der Waals surface area contributed by atoms with E-state index < -0.39 is 6.10 Å². The second-order valence-electron chi connectivity index (χ2n) is 18.6. The van der Waals surface area contributed by atoms with Crippen LogP contribution >= 0.6 is 0 Å². The van der Waals surface area contributed by atoms with Crippen LogP contribution in [0.25, 0.3) is 0 Å². The maximum atomic E-state index is 12.8. The van der Waals surface area contributed by atoms with Crippen LogP contribution < -0.4 is 0 Å². The lowest BCUT2D eigenvalue weighted by molar-refractivity contribution is -0.167. The summed E-state index contributed by atoms with van der Waals surface area (Å²) in [4.78, 5) is 37.9. The van der Waals surface area contributed by atoms with Crippen LogP contribution in [0.2, 0.25) is 0 Å². The van der Waals surface area contributed by atoms with Gasteiger partial charge in [0.15, 0.2) is 6.10 Å². The normalized spacial score (nSPS) is 13.0. The largest absolute Gasteiger partial charge is 0.462 e. The molecule has 0 saturated heterocycles. The molecule has 0 heterocycles. The van der Waals surface area contributed by atoms with E-state index in [1.807, 2.05) is 0 Å². The molecule has 0 aromatic rings. The number of rotatable bonds is 47. The van der Waals surface area contributed by atoms with Gasteiger partial charge >= 0.3 is 17.9 Å². The fourth-order valence-electron chi connectivity index (χ4n) is 7.93. The first kappa shape index (κ1) is 57.4. The van der Waals surface area contributed by atoms with Crippen LogP contribution in [-0.4, -0.2) is 37.2 Å². The van der Waals surface area contributed by atoms with Crippen molar-refractivity contribution in [1.82, 2.24) is 0 Å². The lowest BCUT2D eigenvalue weighted by Gasteiger charge is -2.18. The van der Waals surface area contributed by atoms with Crippen molar-refractivity contribution in [1.29, 1.82) is 0 Å². The van der Waals surface area contributed by atoms with Crippen LogP contribution in [0, 0.1) is 11.8 Å². The first-order valence-electron chi connectivity index (χ1n) is 26.3. The summed E-state index contributed by atoms with van der Waals surface area (Å²) in [6.45, 7) is 11.4. The summed E-state index contributed by atoms with van der Waals surface area (Å²) < 4.78 is 16.8. The Labute approximate surface area is 368 Å². The van der Waals surface area contributed by atoms with Crippen molar-refractivity contribution in [2.45, 2.75) is 298 Å². The number of ether oxygens (including phenoxy) is 3. The molecule has 0 rings (SSSR count). The summed E-state index contributed by atoms with van der Waals surface area (Å²) >= 11 is 0. The number of unbranched alkanes of at least 4 members (excludes halogenated alkanes) is 30. The summed E-state index contributed by atoms with van der Waals surface area (Å²) in [5.41, 5.74) is 0. The van der Waals surface area contributed by atoms with Crippen LogP contribution in [0.1, 0.15) is 291 Å². The van der Waals surface area contributed by atoms with Gasteiger partial charge in [-0.05, 0) is 31.1 Å². The quantitative estimate of drug-likeness (QED) is 0.0345. The van der Waals surface area contributed by atoms with Crippen LogP contribution in [0.4, 0.5) is 0 Å². The van der Waals surface area contributed by atoms with Gasteiger partial charge in [0.25, 0.3) is 0 Å². The highest BCUT2D eigenvalue weighted by atomic mass is 16.6. The van der Waals surface area contributed by atoms with Crippen LogP contribution in [0.15, 0.2) is 0 Å². The predicted molar refractivity (Wildman–Crippen MR) is 252 cm³/mol.